The second-order valence-electron chi connectivity index (χ2n) is 6.79. The SMILES string of the molecule is NC(=O)c1ccc(S(=O)(=O)N2CCn3nc([C@H](O)C4CC4)cc3C2)cc1. The molecule has 2 heterocycles. The molecule has 1 aliphatic carbocycles. The molecule has 26 heavy (non-hydrogen) atoms. The Labute approximate surface area is 151 Å². The summed E-state index contributed by atoms with van der Waals surface area (Å²) < 4.78 is 28.9. The molecule has 1 aliphatic heterocycles. The summed E-state index contributed by atoms with van der Waals surface area (Å²) in [4.78, 5) is 11.3. The molecule has 0 saturated heterocycles. The normalized spacial score (nSPS) is 19.1. The van der Waals surface area contributed by atoms with Gasteiger partial charge in [0.15, 0.2) is 0 Å². The molecule has 0 unspecified atom stereocenters. The van der Waals surface area contributed by atoms with E-state index in [9.17, 15) is 18.3 Å². The van der Waals surface area contributed by atoms with Crippen LogP contribution in [-0.4, -0.2) is 40.1 Å². The number of sulfonamides is 1. The first kappa shape index (κ1) is 17.2. The van der Waals surface area contributed by atoms with Crippen molar-refractivity contribution in [2.75, 3.05) is 6.54 Å². The molecular weight excluding hydrogens is 356 g/mol. The van der Waals surface area contributed by atoms with Crippen LogP contribution in [0.1, 0.15) is 40.7 Å². The quantitative estimate of drug-likeness (QED) is 0.793. The van der Waals surface area contributed by atoms with Gasteiger partial charge in [0.25, 0.3) is 0 Å². The summed E-state index contributed by atoms with van der Waals surface area (Å²) in [6.45, 7) is 0.934. The predicted octanol–water partition coefficient (Wildman–Crippen LogP) is 0.630. The van der Waals surface area contributed by atoms with E-state index in [1.54, 1.807) is 10.7 Å². The Morgan fingerprint density at radius 1 is 1.23 bits per heavy atom. The zero-order valence-electron chi connectivity index (χ0n) is 14.1. The van der Waals surface area contributed by atoms with Crippen LogP contribution in [-0.2, 0) is 23.1 Å². The van der Waals surface area contributed by atoms with Crippen molar-refractivity contribution in [1.82, 2.24) is 14.1 Å². The number of hydrogen-bond donors (Lipinski definition) is 2. The summed E-state index contributed by atoms with van der Waals surface area (Å²) in [5.41, 5.74) is 6.84. The van der Waals surface area contributed by atoms with Crippen molar-refractivity contribution in [3.63, 3.8) is 0 Å². The van der Waals surface area contributed by atoms with E-state index >= 15 is 0 Å². The van der Waals surface area contributed by atoms with Gasteiger partial charge in [-0.25, -0.2) is 8.42 Å². The van der Waals surface area contributed by atoms with Crippen molar-refractivity contribution in [3.05, 3.63) is 47.3 Å². The van der Waals surface area contributed by atoms with E-state index in [0.29, 0.717) is 18.8 Å². The van der Waals surface area contributed by atoms with Crippen LogP contribution in [0.2, 0.25) is 0 Å². The van der Waals surface area contributed by atoms with Gasteiger partial charge in [-0.05, 0) is 49.1 Å². The Morgan fingerprint density at radius 3 is 2.54 bits per heavy atom. The molecule has 1 aromatic carbocycles. The maximum absolute atomic E-state index is 12.9. The minimum atomic E-state index is -3.68. The Balaban J connectivity index is 1.56. The van der Waals surface area contributed by atoms with E-state index in [1.807, 2.05) is 0 Å². The number of benzene rings is 1. The largest absolute Gasteiger partial charge is 0.386 e. The van der Waals surface area contributed by atoms with Gasteiger partial charge in [0, 0.05) is 12.1 Å². The Hall–Kier alpha value is -2.23. The molecule has 1 fully saturated rings. The molecule has 1 saturated carbocycles. The maximum atomic E-state index is 12.9. The van der Waals surface area contributed by atoms with Crippen molar-refractivity contribution in [3.8, 4) is 0 Å². The van der Waals surface area contributed by atoms with E-state index in [0.717, 1.165) is 18.5 Å². The zero-order chi connectivity index (χ0) is 18.5. The van der Waals surface area contributed by atoms with Gasteiger partial charge in [-0.15, -0.1) is 0 Å². The van der Waals surface area contributed by atoms with Gasteiger partial charge in [0.2, 0.25) is 15.9 Å². The number of primary amides is 1. The van der Waals surface area contributed by atoms with Gasteiger partial charge in [0.05, 0.1) is 29.4 Å². The lowest BCUT2D eigenvalue weighted by molar-refractivity contribution is 0.1000. The number of aromatic nitrogens is 2. The standard InChI is InChI=1S/C17H20N4O4S/c18-17(23)12-3-5-14(6-4-12)26(24,25)20-7-8-21-13(10-20)9-15(19-21)16(22)11-1-2-11/h3-6,9,11,16,22H,1-2,7-8,10H2,(H2,18,23)/t16-/m1/s1. The topological polar surface area (TPSA) is 119 Å². The van der Waals surface area contributed by atoms with Gasteiger partial charge >= 0.3 is 0 Å². The minimum absolute atomic E-state index is 0.119. The summed E-state index contributed by atoms with van der Waals surface area (Å²) >= 11 is 0. The van der Waals surface area contributed by atoms with Gasteiger partial charge in [-0.2, -0.15) is 9.40 Å². The summed E-state index contributed by atoms with van der Waals surface area (Å²) in [5.74, 6) is -0.326. The summed E-state index contributed by atoms with van der Waals surface area (Å²) in [6, 6.07) is 7.40. The van der Waals surface area contributed by atoms with Crippen molar-refractivity contribution in [2.24, 2.45) is 11.7 Å². The van der Waals surface area contributed by atoms with Crippen molar-refractivity contribution in [2.45, 2.75) is 36.9 Å². The summed E-state index contributed by atoms with van der Waals surface area (Å²) in [5, 5.41) is 14.7. The fraction of sp³-hybridized carbons (Fsp3) is 0.412. The van der Waals surface area contributed by atoms with Gasteiger partial charge in [0.1, 0.15) is 6.10 Å². The number of aliphatic hydroxyl groups excluding tert-OH is 1. The highest BCUT2D eigenvalue weighted by molar-refractivity contribution is 7.89. The number of aliphatic hydroxyl groups is 1. The lowest BCUT2D eigenvalue weighted by Crippen LogP contribution is -2.38. The highest BCUT2D eigenvalue weighted by Gasteiger charge is 2.34. The third-order valence-electron chi connectivity index (χ3n) is 4.93. The molecule has 8 nitrogen and oxygen atoms in total. The fourth-order valence-corrected chi connectivity index (χ4v) is 4.61. The lowest BCUT2D eigenvalue weighted by atomic mass is 10.1. The van der Waals surface area contributed by atoms with Crippen molar-refractivity contribution < 1.29 is 18.3 Å². The smallest absolute Gasteiger partial charge is 0.248 e. The van der Waals surface area contributed by atoms with E-state index in [-0.39, 0.29) is 22.9 Å². The fourth-order valence-electron chi connectivity index (χ4n) is 3.21. The molecule has 3 N–H and O–H groups in total. The molecule has 138 valence electrons. The molecule has 4 rings (SSSR count). The molecule has 1 aromatic heterocycles. The zero-order valence-corrected chi connectivity index (χ0v) is 14.9. The van der Waals surface area contributed by atoms with Crippen LogP contribution in [0.4, 0.5) is 0 Å². The minimum Gasteiger partial charge on any atom is -0.386 e. The van der Waals surface area contributed by atoms with Crippen LogP contribution in [0.3, 0.4) is 0 Å². The number of rotatable bonds is 5. The lowest BCUT2D eigenvalue weighted by Gasteiger charge is -2.26. The monoisotopic (exact) mass is 376 g/mol. The van der Waals surface area contributed by atoms with Crippen LogP contribution in [0.15, 0.2) is 35.2 Å². The van der Waals surface area contributed by atoms with Gasteiger partial charge < -0.3 is 10.8 Å². The number of fused-ring (bicyclic) bond motifs is 1. The number of hydrogen-bond acceptors (Lipinski definition) is 5. The average molecular weight is 376 g/mol. The van der Waals surface area contributed by atoms with Crippen LogP contribution in [0.5, 0.6) is 0 Å². The number of nitrogens with two attached hydrogens (primary N) is 1. The Bertz CT molecular complexity index is 948. The molecular formula is C17H20N4O4S. The number of amides is 1. The number of carbonyl (C=O) groups excluding carboxylic acids is 1. The second-order valence-corrected chi connectivity index (χ2v) is 8.73. The van der Waals surface area contributed by atoms with Crippen LogP contribution >= 0.6 is 0 Å². The Morgan fingerprint density at radius 2 is 1.92 bits per heavy atom. The van der Waals surface area contributed by atoms with E-state index in [4.69, 9.17) is 5.73 Å². The van der Waals surface area contributed by atoms with Crippen LogP contribution in [0, 0.1) is 5.92 Å². The third kappa shape index (κ3) is 3.02. The molecule has 0 spiro atoms. The maximum Gasteiger partial charge on any atom is 0.248 e. The molecule has 1 atom stereocenters. The molecule has 0 bridgehead atoms. The van der Waals surface area contributed by atoms with Gasteiger partial charge in [-0.1, -0.05) is 0 Å². The molecule has 2 aliphatic rings. The Kier molecular flexibility index (Phi) is 4.09. The molecule has 1 amide bonds. The van der Waals surface area contributed by atoms with E-state index in [2.05, 4.69) is 5.10 Å². The summed E-state index contributed by atoms with van der Waals surface area (Å²) in [7, 11) is -3.68. The van der Waals surface area contributed by atoms with E-state index in [1.165, 1.54) is 28.6 Å². The second kappa shape index (κ2) is 6.19. The van der Waals surface area contributed by atoms with Crippen LogP contribution < -0.4 is 5.73 Å². The highest BCUT2D eigenvalue weighted by atomic mass is 32.2. The van der Waals surface area contributed by atoms with Gasteiger partial charge in [-0.3, -0.25) is 9.48 Å². The summed E-state index contributed by atoms with van der Waals surface area (Å²) in [6.07, 6.45) is 1.44. The highest BCUT2D eigenvalue weighted by Crippen LogP contribution is 2.40. The van der Waals surface area contributed by atoms with E-state index < -0.39 is 22.0 Å². The number of nitrogens with zero attached hydrogens (tertiary/aromatic N) is 3. The van der Waals surface area contributed by atoms with Crippen molar-refractivity contribution in [1.29, 1.82) is 0 Å². The number of carbonyl (C=O) groups is 1. The molecule has 2 aromatic rings. The van der Waals surface area contributed by atoms with Crippen LogP contribution in [0.25, 0.3) is 0 Å². The first-order valence-electron chi connectivity index (χ1n) is 8.51. The third-order valence-corrected chi connectivity index (χ3v) is 6.79. The van der Waals surface area contributed by atoms with Crippen molar-refractivity contribution >= 4 is 15.9 Å². The first-order chi connectivity index (χ1) is 12.4. The average Bonchev–Trinajstić information content (AvgIpc) is 3.39. The first-order valence-corrected chi connectivity index (χ1v) is 9.95. The molecule has 0 radical (unpaired) electrons. The predicted molar refractivity (Wildman–Crippen MR) is 92.5 cm³/mol. The molecule has 9 heteroatoms.